The van der Waals surface area contributed by atoms with E-state index in [0.717, 1.165) is 32.7 Å². The molecule has 0 saturated carbocycles. The van der Waals surface area contributed by atoms with Crippen LogP contribution >= 0.6 is 0 Å². The molecule has 5 nitrogen and oxygen atoms in total. The topological polar surface area (TPSA) is 76.2 Å². The lowest BCUT2D eigenvalue weighted by molar-refractivity contribution is 1.02. The highest BCUT2D eigenvalue weighted by molar-refractivity contribution is 6.09. The van der Waals surface area contributed by atoms with Crippen LogP contribution in [0.4, 0.5) is 5.69 Å². The van der Waals surface area contributed by atoms with Crippen molar-refractivity contribution < 1.29 is 0 Å². The summed E-state index contributed by atoms with van der Waals surface area (Å²) in [5.41, 5.74) is 8.88. The number of aromatic amines is 1. The number of pyridine rings is 1. The first kappa shape index (κ1) is 13.8. The smallest absolute Gasteiger partial charge is 0.347 e. The molecule has 0 aliphatic rings. The number of nitrogens with two attached hydrogens (primary N) is 1. The molecule has 2 heterocycles. The van der Waals surface area contributed by atoms with Crippen molar-refractivity contribution in [2.24, 2.45) is 0 Å². The van der Waals surface area contributed by atoms with Gasteiger partial charge in [-0.3, -0.25) is 0 Å². The maximum Gasteiger partial charge on any atom is 0.347 e. The summed E-state index contributed by atoms with van der Waals surface area (Å²) in [6.07, 6.45) is 1.84. The van der Waals surface area contributed by atoms with Crippen LogP contribution in [-0.4, -0.2) is 14.6 Å². The third-order valence-electron chi connectivity index (χ3n) is 4.60. The molecule has 5 rings (SSSR count). The zero-order valence-electron chi connectivity index (χ0n) is 13.2. The van der Waals surface area contributed by atoms with Gasteiger partial charge in [-0.1, -0.05) is 36.4 Å². The van der Waals surface area contributed by atoms with Crippen LogP contribution in [0.25, 0.3) is 38.3 Å². The molecule has 120 valence electrons. The predicted molar refractivity (Wildman–Crippen MR) is 101 cm³/mol. The second-order valence-electron chi connectivity index (χ2n) is 6.13. The van der Waals surface area contributed by atoms with E-state index in [0.29, 0.717) is 11.3 Å². The van der Waals surface area contributed by atoms with Gasteiger partial charge in [-0.25, -0.2) is 14.3 Å². The molecule has 0 aliphatic heterocycles. The first-order valence-corrected chi connectivity index (χ1v) is 7.99. The van der Waals surface area contributed by atoms with Gasteiger partial charge in [0.25, 0.3) is 0 Å². The van der Waals surface area contributed by atoms with Gasteiger partial charge >= 0.3 is 5.69 Å². The van der Waals surface area contributed by atoms with Gasteiger partial charge in [0, 0.05) is 22.8 Å². The average Bonchev–Trinajstić information content (AvgIpc) is 3.01. The molecular weight excluding hydrogens is 312 g/mol. The highest BCUT2D eigenvalue weighted by atomic mass is 16.1. The van der Waals surface area contributed by atoms with Crippen molar-refractivity contribution in [2.45, 2.75) is 0 Å². The Morgan fingerprint density at radius 1 is 0.920 bits per heavy atom. The van der Waals surface area contributed by atoms with Crippen molar-refractivity contribution in [1.82, 2.24) is 14.6 Å². The number of hydrogen-bond acceptors (Lipinski definition) is 3. The fourth-order valence-corrected chi connectivity index (χ4v) is 3.35. The Morgan fingerprint density at radius 2 is 1.60 bits per heavy atom. The van der Waals surface area contributed by atoms with Crippen molar-refractivity contribution in [3.8, 4) is 11.1 Å². The Labute approximate surface area is 142 Å². The van der Waals surface area contributed by atoms with Crippen LogP contribution in [0.1, 0.15) is 0 Å². The number of anilines is 1. The van der Waals surface area contributed by atoms with Crippen molar-refractivity contribution in [1.29, 1.82) is 0 Å². The highest BCUT2D eigenvalue weighted by Crippen LogP contribution is 2.33. The van der Waals surface area contributed by atoms with Gasteiger partial charge in [0.1, 0.15) is 0 Å². The first-order valence-electron chi connectivity index (χ1n) is 7.99. The summed E-state index contributed by atoms with van der Waals surface area (Å²) in [6.45, 7) is 0. The molecule has 0 atom stereocenters. The molecule has 2 aromatic heterocycles. The maximum absolute atomic E-state index is 12.1. The number of nitrogen functional groups attached to an aromatic ring is 1. The number of benzene rings is 3. The highest BCUT2D eigenvalue weighted by Gasteiger charge is 2.13. The summed E-state index contributed by atoms with van der Waals surface area (Å²) in [4.78, 5) is 12.1. The molecule has 25 heavy (non-hydrogen) atoms. The van der Waals surface area contributed by atoms with Crippen molar-refractivity contribution in [3.63, 3.8) is 0 Å². The lowest BCUT2D eigenvalue weighted by Crippen LogP contribution is -2.09. The third kappa shape index (κ3) is 2.03. The molecule has 0 radical (unpaired) electrons. The number of rotatable bonds is 1. The van der Waals surface area contributed by atoms with Gasteiger partial charge in [-0.05, 0) is 46.0 Å². The van der Waals surface area contributed by atoms with Gasteiger partial charge < -0.3 is 5.73 Å². The number of aromatic nitrogens is 3. The summed E-state index contributed by atoms with van der Waals surface area (Å²) in [7, 11) is 0. The normalized spacial score (nSPS) is 11.5. The minimum atomic E-state index is -0.248. The van der Waals surface area contributed by atoms with Crippen LogP contribution in [0.3, 0.4) is 0 Å². The molecule has 0 spiro atoms. The third-order valence-corrected chi connectivity index (χ3v) is 4.60. The van der Waals surface area contributed by atoms with E-state index in [-0.39, 0.29) is 5.69 Å². The van der Waals surface area contributed by atoms with E-state index in [4.69, 9.17) is 5.73 Å². The summed E-state index contributed by atoms with van der Waals surface area (Å²) < 4.78 is 1.56. The minimum absolute atomic E-state index is 0.248. The number of hydrogen-bond donors (Lipinski definition) is 2. The average molecular weight is 326 g/mol. The zero-order valence-corrected chi connectivity index (χ0v) is 13.2. The molecule has 5 heteroatoms. The van der Waals surface area contributed by atoms with E-state index in [1.807, 2.05) is 42.6 Å². The molecule has 0 aliphatic carbocycles. The van der Waals surface area contributed by atoms with E-state index in [1.165, 1.54) is 0 Å². The van der Waals surface area contributed by atoms with Gasteiger partial charge in [0.2, 0.25) is 0 Å². The molecule has 0 bridgehead atoms. The summed E-state index contributed by atoms with van der Waals surface area (Å²) >= 11 is 0. The maximum atomic E-state index is 12.1. The van der Waals surface area contributed by atoms with Crippen LogP contribution in [0.2, 0.25) is 0 Å². The number of nitrogens with zero attached hydrogens (tertiary/aromatic N) is 2. The van der Waals surface area contributed by atoms with Gasteiger partial charge in [-0.2, -0.15) is 5.10 Å². The fourth-order valence-electron chi connectivity index (χ4n) is 3.35. The standard InChI is InChI=1S/C20H14N4O/c21-15-7-5-12(6-8-15)18-11-24-19(22-23-20(24)25)17-10-14-4-2-1-3-13(14)9-16(17)18/h1-11H,21H2,(H,23,25). The van der Waals surface area contributed by atoms with Crippen LogP contribution in [0.15, 0.2) is 71.7 Å². The lowest BCUT2D eigenvalue weighted by Gasteiger charge is -2.10. The Hall–Kier alpha value is -3.60. The van der Waals surface area contributed by atoms with E-state index in [1.54, 1.807) is 4.40 Å². The number of nitrogens with one attached hydrogen (secondary N) is 1. The number of fused-ring (bicyclic) bond motifs is 4. The zero-order chi connectivity index (χ0) is 17.0. The van der Waals surface area contributed by atoms with E-state index < -0.39 is 0 Å². The molecule has 5 aromatic rings. The quantitative estimate of drug-likeness (QED) is 0.365. The second-order valence-corrected chi connectivity index (χ2v) is 6.13. The molecule has 3 aromatic carbocycles. The Kier molecular flexibility index (Phi) is 2.73. The largest absolute Gasteiger partial charge is 0.399 e. The molecular formula is C20H14N4O. The van der Waals surface area contributed by atoms with E-state index in [9.17, 15) is 4.79 Å². The lowest BCUT2D eigenvalue weighted by atomic mass is 9.97. The van der Waals surface area contributed by atoms with Crippen LogP contribution in [0.5, 0.6) is 0 Å². The van der Waals surface area contributed by atoms with Gasteiger partial charge in [0.15, 0.2) is 5.65 Å². The first-order chi connectivity index (χ1) is 12.2. The Morgan fingerprint density at radius 3 is 2.32 bits per heavy atom. The van der Waals surface area contributed by atoms with Gasteiger partial charge in [-0.15, -0.1) is 0 Å². The minimum Gasteiger partial charge on any atom is -0.399 e. The van der Waals surface area contributed by atoms with Crippen molar-refractivity contribution >= 4 is 32.9 Å². The van der Waals surface area contributed by atoms with Gasteiger partial charge in [0.05, 0.1) is 0 Å². The SMILES string of the molecule is Nc1ccc(-c2cn3c(=O)[nH]nc3c3cc4ccccc4cc23)cc1. The van der Waals surface area contributed by atoms with Crippen molar-refractivity contribution in [2.75, 3.05) is 5.73 Å². The summed E-state index contributed by atoms with van der Waals surface area (Å²) in [5, 5.41) is 11.0. The fraction of sp³-hybridized carbons (Fsp3) is 0. The van der Waals surface area contributed by atoms with Crippen LogP contribution in [-0.2, 0) is 0 Å². The van der Waals surface area contributed by atoms with E-state index in [2.05, 4.69) is 34.5 Å². The van der Waals surface area contributed by atoms with E-state index >= 15 is 0 Å². The molecule has 0 amide bonds. The summed E-state index contributed by atoms with van der Waals surface area (Å²) in [5.74, 6) is 0. The monoisotopic (exact) mass is 326 g/mol. The molecule has 0 fully saturated rings. The Balaban J connectivity index is 2.00. The molecule has 0 unspecified atom stereocenters. The molecule has 0 saturated heterocycles. The van der Waals surface area contributed by atoms with Crippen LogP contribution in [0, 0.1) is 0 Å². The predicted octanol–water partition coefficient (Wildman–Crippen LogP) is 3.58. The van der Waals surface area contributed by atoms with Crippen LogP contribution < -0.4 is 11.4 Å². The summed E-state index contributed by atoms with van der Waals surface area (Å²) in [6, 6.07) is 20.1. The Bertz CT molecular complexity index is 1310. The number of H-pyrrole nitrogens is 1. The second kappa shape index (κ2) is 4.95. The van der Waals surface area contributed by atoms with Crippen molar-refractivity contribution in [3.05, 3.63) is 77.3 Å². The molecule has 3 N–H and O–H groups in total.